The predicted molar refractivity (Wildman–Crippen MR) is 59.9 cm³/mol. The monoisotopic (exact) mass is 245 g/mol. The van der Waals surface area contributed by atoms with Gasteiger partial charge in [0.15, 0.2) is 15.7 Å². The van der Waals surface area contributed by atoms with Gasteiger partial charge >= 0.3 is 0 Å². The van der Waals surface area contributed by atoms with E-state index < -0.39 is 9.84 Å². The van der Waals surface area contributed by atoms with Crippen LogP contribution in [0.15, 0.2) is 12.4 Å². The Morgan fingerprint density at radius 2 is 2.25 bits per heavy atom. The highest BCUT2D eigenvalue weighted by Gasteiger charge is 2.12. The summed E-state index contributed by atoms with van der Waals surface area (Å²) in [6.07, 6.45) is 3.16. The zero-order valence-corrected chi connectivity index (χ0v) is 10.1. The van der Waals surface area contributed by atoms with Gasteiger partial charge in [-0.2, -0.15) is 0 Å². The maximum absolute atomic E-state index is 11.5. The van der Waals surface area contributed by atoms with Crippen molar-refractivity contribution in [3.63, 3.8) is 0 Å². The number of rotatable bonds is 5. The van der Waals surface area contributed by atoms with Crippen LogP contribution < -0.4 is 5.32 Å². The van der Waals surface area contributed by atoms with Gasteiger partial charge in [0.25, 0.3) is 5.91 Å². The molecule has 0 unspecified atom stereocenters. The summed E-state index contributed by atoms with van der Waals surface area (Å²) in [5.41, 5.74) is 0. The third kappa shape index (κ3) is 3.34. The quantitative estimate of drug-likeness (QED) is 0.764. The molecule has 0 bridgehead atoms. The van der Waals surface area contributed by atoms with Crippen molar-refractivity contribution in [1.82, 2.24) is 14.9 Å². The standard InChI is InChI=1S/C9H15N3O3S/c1-3-16(14,15)7-5-11-9(13)8-10-4-6-12(8)2/h4,6H,3,5,7H2,1-2H3,(H,11,13). The third-order valence-corrected chi connectivity index (χ3v) is 3.87. The van der Waals surface area contributed by atoms with Crippen molar-refractivity contribution >= 4 is 15.7 Å². The summed E-state index contributed by atoms with van der Waals surface area (Å²) in [5, 5.41) is 2.51. The number of hydrogen-bond donors (Lipinski definition) is 1. The first-order valence-corrected chi connectivity index (χ1v) is 6.74. The molecule has 90 valence electrons. The molecule has 1 rings (SSSR count). The molecule has 0 aromatic carbocycles. The van der Waals surface area contributed by atoms with Crippen molar-refractivity contribution in [2.45, 2.75) is 6.92 Å². The normalized spacial score (nSPS) is 11.4. The van der Waals surface area contributed by atoms with E-state index in [1.165, 1.54) is 6.20 Å². The lowest BCUT2D eigenvalue weighted by atomic mass is 10.5. The van der Waals surface area contributed by atoms with Gasteiger partial charge in [-0.25, -0.2) is 13.4 Å². The molecule has 0 fully saturated rings. The minimum absolute atomic E-state index is 0.0420. The molecular weight excluding hydrogens is 230 g/mol. The van der Waals surface area contributed by atoms with Crippen molar-refractivity contribution in [3.05, 3.63) is 18.2 Å². The van der Waals surface area contributed by atoms with Crippen LogP contribution in [0.4, 0.5) is 0 Å². The van der Waals surface area contributed by atoms with Crippen molar-refractivity contribution in [1.29, 1.82) is 0 Å². The molecule has 1 aromatic rings. The average Bonchev–Trinajstić information content (AvgIpc) is 2.64. The summed E-state index contributed by atoms with van der Waals surface area (Å²) in [6.45, 7) is 1.69. The Balaban J connectivity index is 2.46. The van der Waals surface area contributed by atoms with E-state index in [2.05, 4.69) is 10.3 Å². The van der Waals surface area contributed by atoms with Crippen LogP contribution in [-0.4, -0.2) is 41.9 Å². The van der Waals surface area contributed by atoms with Gasteiger partial charge in [-0.15, -0.1) is 0 Å². The maximum Gasteiger partial charge on any atom is 0.287 e. The number of carbonyl (C=O) groups is 1. The topological polar surface area (TPSA) is 81.1 Å². The number of hydrogen-bond acceptors (Lipinski definition) is 4. The van der Waals surface area contributed by atoms with Crippen LogP contribution >= 0.6 is 0 Å². The lowest BCUT2D eigenvalue weighted by Gasteiger charge is -2.04. The molecule has 1 N–H and O–H groups in total. The Hall–Kier alpha value is -1.37. The summed E-state index contributed by atoms with van der Waals surface area (Å²) in [6, 6.07) is 0. The van der Waals surface area contributed by atoms with E-state index in [9.17, 15) is 13.2 Å². The van der Waals surface area contributed by atoms with Gasteiger partial charge in [-0.05, 0) is 0 Å². The minimum Gasteiger partial charge on any atom is -0.348 e. The van der Waals surface area contributed by atoms with Gasteiger partial charge in [0.1, 0.15) is 0 Å². The average molecular weight is 245 g/mol. The molecule has 0 radical (unpaired) electrons. The van der Waals surface area contributed by atoms with Gasteiger partial charge in [0, 0.05) is 31.7 Å². The van der Waals surface area contributed by atoms with Gasteiger partial charge in [-0.3, -0.25) is 4.79 Å². The maximum atomic E-state index is 11.5. The minimum atomic E-state index is -3.04. The summed E-state index contributed by atoms with van der Waals surface area (Å²) in [5.74, 6) is -0.0435. The highest BCUT2D eigenvalue weighted by molar-refractivity contribution is 7.91. The second-order valence-corrected chi connectivity index (χ2v) is 5.83. The highest BCUT2D eigenvalue weighted by Crippen LogP contribution is 1.94. The number of sulfone groups is 1. The molecule has 1 aromatic heterocycles. The lowest BCUT2D eigenvalue weighted by molar-refractivity contribution is 0.0942. The summed E-state index contributed by atoms with van der Waals surface area (Å²) in [7, 11) is -1.34. The van der Waals surface area contributed by atoms with Crippen molar-refractivity contribution in [2.75, 3.05) is 18.1 Å². The molecule has 0 atom stereocenters. The van der Waals surface area contributed by atoms with Crippen LogP contribution in [0.25, 0.3) is 0 Å². The number of amides is 1. The van der Waals surface area contributed by atoms with Gasteiger partial charge < -0.3 is 9.88 Å². The Labute approximate surface area is 94.6 Å². The Morgan fingerprint density at radius 1 is 1.56 bits per heavy atom. The Bertz CT molecular complexity index is 464. The van der Waals surface area contributed by atoms with Crippen LogP contribution in [0.3, 0.4) is 0 Å². The van der Waals surface area contributed by atoms with Crippen LogP contribution in [0.5, 0.6) is 0 Å². The fraction of sp³-hybridized carbons (Fsp3) is 0.556. The zero-order chi connectivity index (χ0) is 12.2. The highest BCUT2D eigenvalue weighted by atomic mass is 32.2. The second-order valence-electron chi connectivity index (χ2n) is 3.35. The molecule has 16 heavy (non-hydrogen) atoms. The first kappa shape index (κ1) is 12.7. The van der Waals surface area contributed by atoms with E-state index >= 15 is 0 Å². The number of carbonyl (C=O) groups excluding carboxylic acids is 1. The molecule has 1 heterocycles. The number of nitrogens with zero attached hydrogens (tertiary/aromatic N) is 2. The largest absolute Gasteiger partial charge is 0.348 e. The molecule has 0 saturated heterocycles. The Morgan fingerprint density at radius 3 is 2.75 bits per heavy atom. The van der Waals surface area contributed by atoms with E-state index in [-0.39, 0.29) is 29.8 Å². The smallest absolute Gasteiger partial charge is 0.287 e. The fourth-order valence-electron chi connectivity index (χ4n) is 1.13. The molecular formula is C9H15N3O3S. The van der Waals surface area contributed by atoms with Gasteiger partial charge in [0.05, 0.1) is 5.75 Å². The molecule has 0 aliphatic rings. The molecule has 0 spiro atoms. The van der Waals surface area contributed by atoms with Gasteiger partial charge in [0.2, 0.25) is 0 Å². The lowest BCUT2D eigenvalue weighted by Crippen LogP contribution is -2.31. The molecule has 0 aliphatic carbocycles. The van der Waals surface area contributed by atoms with E-state index in [1.807, 2.05) is 0 Å². The molecule has 0 saturated carbocycles. The predicted octanol–water partition coefficient (Wildman–Crippen LogP) is -0.415. The van der Waals surface area contributed by atoms with Gasteiger partial charge in [-0.1, -0.05) is 6.92 Å². The zero-order valence-electron chi connectivity index (χ0n) is 9.30. The van der Waals surface area contributed by atoms with Crippen molar-refractivity contribution in [3.8, 4) is 0 Å². The molecule has 0 aliphatic heterocycles. The summed E-state index contributed by atoms with van der Waals surface area (Å²) < 4.78 is 23.9. The number of nitrogens with one attached hydrogen (secondary N) is 1. The Kier molecular flexibility index (Phi) is 4.05. The van der Waals surface area contributed by atoms with Crippen molar-refractivity contribution in [2.24, 2.45) is 7.05 Å². The summed E-state index contributed by atoms with van der Waals surface area (Å²) in [4.78, 5) is 15.4. The molecule has 1 amide bonds. The summed E-state index contributed by atoms with van der Waals surface area (Å²) >= 11 is 0. The van der Waals surface area contributed by atoms with E-state index in [0.717, 1.165) is 0 Å². The van der Waals surface area contributed by atoms with Crippen molar-refractivity contribution < 1.29 is 13.2 Å². The van der Waals surface area contributed by atoms with E-state index in [0.29, 0.717) is 0 Å². The SMILES string of the molecule is CCS(=O)(=O)CCNC(=O)c1nccn1C. The first-order chi connectivity index (χ1) is 7.46. The molecule has 6 nitrogen and oxygen atoms in total. The van der Waals surface area contributed by atoms with Crippen LogP contribution in [0.1, 0.15) is 17.5 Å². The second kappa shape index (κ2) is 5.11. The van der Waals surface area contributed by atoms with Crippen LogP contribution in [0.2, 0.25) is 0 Å². The van der Waals surface area contributed by atoms with E-state index in [1.54, 1.807) is 24.7 Å². The van der Waals surface area contributed by atoms with Crippen LogP contribution in [0, 0.1) is 0 Å². The number of aryl methyl sites for hydroxylation is 1. The van der Waals surface area contributed by atoms with E-state index in [4.69, 9.17) is 0 Å². The molecule has 7 heteroatoms. The third-order valence-electron chi connectivity index (χ3n) is 2.16. The fourth-order valence-corrected chi connectivity index (χ4v) is 1.83. The van der Waals surface area contributed by atoms with Crippen LogP contribution in [-0.2, 0) is 16.9 Å². The first-order valence-electron chi connectivity index (χ1n) is 4.92. The number of imidazole rings is 1. The number of aromatic nitrogens is 2.